The molecule has 2 aromatic carbocycles. The summed E-state index contributed by atoms with van der Waals surface area (Å²) in [5, 5.41) is 11.0. The molecule has 7 heteroatoms. The maximum absolute atomic E-state index is 13.1. The van der Waals surface area contributed by atoms with Crippen molar-refractivity contribution in [3.05, 3.63) is 69.5 Å². The Morgan fingerprint density at radius 1 is 1.32 bits per heavy atom. The molecule has 0 bridgehead atoms. The van der Waals surface area contributed by atoms with Gasteiger partial charge in [-0.05, 0) is 23.8 Å². The van der Waals surface area contributed by atoms with E-state index in [0.717, 1.165) is 11.1 Å². The molecule has 1 unspecified atom stereocenters. The predicted octanol–water partition coefficient (Wildman–Crippen LogP) is 3.32. The van der Waals surface area contributed by atoms with E-state index in [1.165, 1.54) is 18.2 Å². The highest BCUT2D eigenvalue weighted by molar-refractivity contribution is 5.43. The van der Waals surface area contributed by atoms with E-state index in [4.69, 9.17) is 9.47 Å². The number of rotatable bonds is 5. The van der Waals surface area contributed by atoms with Gasteiger partial charge in [0, 0.05) is 37.3 Å². The Hall–Kier alpha value is -2.51. The number of non-ortho nitro benzene ring substituents is 1. The van der Waals surface area contributed by atoms with Gasteiger partial charge in [0.1, 0.15) is 11.6 Å². The van der Waals surface area contributed by atoms with Crippen molar-refractivity contribution in [1.82, 2.24) is 4.90 Å². The minimum absolute atomic E-state index is 0.0409. The molecular weight excluding hydrogens is 327 g/mol. The van der Waals surface area contributed by atoms with Gasteiger partial charge in [0.25, 0.3) is 5.69 Å². The van der Waals surface area contributed by atoms with Crippen LogP contribution in [0.5, 0.6) is 5.75 Å². The second-order valence-corrected chi connectivity index (χ2v) is 5.90. The third kappa shape index (κ3) is 4.12. The highest BCUT2D eigenvalue weighted by Crippen LogP contribution is 2.28. The van der Waals surface area contributed by atoms with Crippen molar-refractivity contribution in [3.8, 4) is 5.75 Å². The quantitative estimate of drug-likeness (QED) is 0.614. The summed E-state index contributed by atoms with van der Waals surface area (Å²) < 4.78 is 24.2. The summed E-state index contributed by atoms with van der Waals surface area (Å²) in [5.74, 6) is 0.341. The molecule has 2 aromatic rings. The Bertz CT molecular complexity index is 751. The molecule has 0 amide bonds. The van der Waals surface area contributed by atoms with Gasteiger partial charge in [-0.1, -0.05) is 12.1 Å². The fraction of sp³-hybridized carbons (Fsp3) is 0.333. The van der Waals surface area contributed by atoms with Gasteiger partial charge in [-0.2, -0.15) is 0 Å². The zero-order valence-corrected chi connectivity index (χ0v) is 13.9. The fourth-order valence-electron chi connectivity index (χ4n) is 2.97. The van der Waals surface area contributed by atoms with Crippen LogP contribution in [0.1, 0.15) is 17.2 Å². The molecule has 1 aliphatic heterocycles. The predicted molar refractivity (Wildman–Crippen MR) is 90.0 cm³/mol. The van der Waals surface area contributed by atoms with Crippen LogP contribution in [0.25, 0.3) is 0 Å². The third-order valence-corrected chi connectivity index (χ3v) is 4.26. The zero-order valence-electron chi connectivity index (χ0n) is 13.9. The van der Waals surface area contributed by atoms with Gasteiger partial charge in [-0.3, -0.25) is 15.0 Å². The smallest absolute Gasteiger partial charge is 0.270 e. The van der Waals surface area contributed by atoms with Crippen LogP contribution in [-0.2, 0) is 11.3 Å². The minimum atomic E-state index is -0.413. The number of morpholine rings is 1. The number of hydrogen-bond donors (Lipinski definition) is 0. The number of methoxy groups -OCH3 is 1. The van der Waals surface area contributed by atoms with Crippen LogP contribution in [0.3, 0.4) is 0 Å². The number of benzene rings is 2. The van der Waals surface area contributed by atoms with E-state index >= 15 is 0 Å². The van der Waals surface area contributed by atoms with Crippen LogP contribution >= 0.6 is 0 Å². The van der Waals surface area contributed by atoms with Crippen LogP contribution in [0, 0.1) is 15.9 Å². The maximum atomic E-state index is 13.1. The highest BCUT2D eigenvalue weighted by Gasteiger charge is 2.23. The molecule has 132 valence electrons. The van der Waals surface area contributed by atoms with E-state index in [9.17, 15) is 14.5 Å². The summed E-state index contributed by atoms with van der Waals surface area (Å²) in [5.41, 5.74) is 1.72. The van der Waals surface area contributed by atoms with Crippen molar-refractivity contribution < 1.29 is 18.8 Å². The molecule has 0 saturated carbocycles. The first-order chi connectivity index (χ1) is 12.1. The molecule has 6 nitrogen and oxygen atoms in total. The summed E-state index contributed by atoms with van der Waals surface area (Å²) in [6, 6.07) is 10.9. The highest BCUT2D eigenvalue weighted by atomic mass is 19.1. The lowest BCUT2D eigenvalue weighted by Gasteiger charge is -2.33. The topological polar surface area (TPSA) is 64.8 Å². The Labute approximate surface area is 144 Å². The van der Waals surface area contributed by atoms with E-state index in [-0.39, 0.29) is 17.6 Å². The van der Waals surface area contributed by atoms with Gasteiger partial charge < -0.3 is 9.47 Å². The van der Waals surface area contributed by atoms with Gasteiger partial charge in [-0.25, -0.2) is 4.39 Å². The molecule has 1 saturated heterocycles. The molecule has 1 atom stereocenters. The van der Waals surface area contributed by atoms with E-state index in [1.807, 2.05) is 0 Å². The molecule has 0 radical (unpaired) electrons. The number of hydrogen-bond acceptors (Lipinski definition) is 5. The minimum Gasteiger partial charge on any atom is -0.496 e. The molecule has 3 rings (SSSR count). The largest absolute Gasteiger partial charge is 0.496 e. The second-order valence-electron chi connectivity index (χ2n) is 5.90. The normalized spacial score (nSPS) is 18.1. The summed E-state index contributed by atoms with van der Waals surface area (Å²) in [6.07, 6.45) is -0.154. The third-order valence-electron chi connectivity index (χ3n) is 4.26. The molecule has 1 fully saturated rings. The van der Waals surface area contributed by atoms with Crippen molar-refractivity contribution >= 4 is 5.69 Å². The number of nitro groups is 1. The van der Waals surface area contributed by atoms with Gasteiger partial charge in [0.05, 0.1) is 24.7 Å². The second kappa shape index (κ2) is 7.58. The first kappa shape index (κ1) is 17.3. The van der Waals surface area contributed by atoms with Crippen molar-refractivity contribution in [1.29, 1.82) is 0 Å². The molecule has 0 spiro atoms. The molecule has 1 heterocycles. The van der Waals surface area contributed by atoms with E-state index < -0.39 is 4.92 Å². The first-order valence-electron chi connectivity index (χ1n) is 7.97. The molecular formula is C18H19FN2O4. The van der Waals surface area contributed by atoms with E-state index in [1.54, 1.807) is 31.4 Å². The molecule has 25 heavy (non-hydrogen) atoms. The Balaban J connectivity index is 1.75. The Kier molecular flexibility index (Phi) is 5.25. The van der Waals surface area contributed by atoms with Gasteiger partial charge >= 0.3 is 0 Å². The van der Waals surface area contributed by atoms with E-state index in [0.29, 0.717) is 32.0 Å². The average molecular weight is 346 g/mol. The van der Waals surface area contributed by atoms with Gasteiger partial charge in [-0.15, -0.1) is 0 Å². The number of halogens is 1. The van der Waals surface area contributed by atoms with Crippen molar-refractivity contribution in [2.45, 2.75) is 12.6 Å². The van der Waals surface area contributed by atoms with Gasteiger partial charge in [0.2, 0.25) is 0 Å². The van der Waals surface area contributed by atoms with Gasteiger partial charge in [0.15, 0.2) is 0 Å². The first-order valence-corrected chi connectivity index (χ1v) is 7.97. The van der Waals surface area contributed by atoms with Crippen molar-refractivity contribution in [3.63, 3.8) is 0 Å². The summed E-state index contributed by atoms with van der Waals surface area (Å²) in [6.45, 7) is 2.40. The lowest BCUT2D eigenvalue weighted by atomic mass is 10.1. The lowest BCUT2D eigenvalue weighted by Crippen LogP contribution is -2.37. The standard InChI is InChI=1S/C18H19FN2O4/c1-24-17-7-6-16(21(22)23)10-14(17)11-20-8-9-25-18(12-20)13-2-4-15(19)5-3-13/h2-7,10,18H,8-9,11-12H2,1H3. The van der Waals surface area contributed by atoms with Crippen LogP contribution in [0.4, 0.5) is 10.1 Å². The number of nitrogens with zero attached hydrogens (tertiary/aromatic N) is 2. The van der Waals surface area contributed by atoms with Crippen LogP contribution < -0.4 is 4.74 Å². The Morgan fingerprint density at radius 3 is 2.76 bits per heavy atom. The summed E-state index contributed by atoms with van der Waals surface area (Å²) in [4.78, 5) is 12.7. The molecule has 0 aliphatic carbocycles. The van der Waals surface area contributed by atoms with Crippen LogP contribution in [0.2, 0.25) is 0 Å². The molecule has 0 aromatic heterocycles. The van der Waals surface area contributed by atoms with Crippen molar-refractivity contribution in [2.24, 2.45) is 0 Å². The maximum Gasteiger partial charge on any atom is 0.270 e. The molecule has 1 aliphatic rings. The zero-order chi connectivity index (χ0) is 17.8. The summed E-state index contributed by atoms with van der Waals surface area (Å²) in [7, 11) is 1.55. The Morgan fingerprint density at radius 2 is 2.08 bits per heavy atom. The monoisotopic (exact) mass is 346 g/mol. The number of ether oxygens (including phenoxy) is 2. The average Bonchev–Trinajstić information content (AvgIpc) is 2.62. The lowest BCUT2D eigenvalue weighted by molar-refractivity contribution is -0.385. The van der Waals surface area contributed by atoms with E-state index in [2.05, 4.69) is 4.90 Å². The number of nitro benzene ring substituents is 1. The van der Waals surface area contributed by atoms with Crippen LogP contribution in [0.15, 0.2) is 42.5 Å². The van der Waals surface area contributed by atoms with Crippen LogP contribution in [-0.4, -0.2) is 36.6 Å². The van der Waals surface area contributed by atoms with Crippen molar-refractivity contribution in [2.75, 3.05) is 26.8 Å². The summed E-state index contributed by atoms with van der Waals surface area (Å²) >= 11 is 0. The SMILES string of the molecule is COc1ccc([N+](=O)[O-])cc1CN1CCOC(c2ccc(F)cc2)C1. The molecule has 0 N–H and O–H groups in total. The fourth-order valence-corrected chi connectivity index (χ4v) is 2.97.